The number of benzene rings is 1. The number of aromatic nitrogens is 1. The number of nitrogens with zero attached hydrogens (tertiary/aromatic N) is 1. The molecule has 2 heterocycles. The Hall–Kier alpha value is -2.90. The van der Waals surface area contributed by atoms with Gasteiger partial charge in [0.05, 0.1) is 6.10 Å². The number of rotatable bonds is 11. The molecule has 7 heteroatoms. The van der Waals surface area contributed by atoms with Crippen LogP contribution in [0.4, 0.5) is 5.82 Å². The Morgan fingerprint density at radius 3 is 2.83 bits per heavy atom. The van der Waals surface area contributed by atoms with E-state index in [2.05, 4.69) is 27.8 Å². The molecule has 0 aliphatic carbocycles. The number of anilines is 1. The van der Waals surface area contributed by atoms with Gasteiger partial charge in [0.25, 0.3) is 0 Å². The van der Waals surface area contributed by atoms with Crippen molar-refractivity contribution in [2.75, 3.05) is 18.4 Å². The van der Waals surface area contributed by atoms with Crippen LogP contribution in [-0.2, 0) is 17.9 Å². The zero-order valence-electron chi connectivity index (χ0n) is 17.3. The molecular formula is C23H27N3O3S. The van der Waals surface area contributed by atoms with E-state index in [1.165, 1.54) is 4.88 Å². The first-order chi connectivity index (χ1) is 14.6. The molecule has 0 radical (unpaired) electrons. The third-order valence-electron chi connectivity index (χ3n) is 4.15. The molecule has 0 saturated heterocycles. The first kappa shape index (κ1) is 21.8. The van der Waals surface area contributed by atoms with Crippen LogP contribution in [0.25, 0.3) is 0 Å². The van der Waals surface area contributed by atoms with Crippen LogP contribution in [0.2, 0.25) is 0 Å². The van der Waals surface area contributed by atoms with Crippen molar-refractivity contribution in [3.05, 3.63) is 76.1 Å². The summed E-state index contributed by atoms with van der Waals surface area (Å²) in [6.45, 7) is 6.32. The molecule has 0 amide bonds. The van der Waals surface area contributed by atoms with Crippen LogP contribution < -0.4 is 15.4 Å². The monoisotopic (exact) mass is 425 g/mol. The summed E-state index contributed by atoms with van der Waals surface area (Å²) in [6, 6.07) is 15.6. The van der Waals surface area contributed by atoms with Gasteiger partial charge in [0, 0.05) is 30.7 Å². The van der Waals surface area contributed by atoms with Crippen LogP contribution in [0.15, 0.2) is 60.1 Å². The van der Waals surface area contributed by atoms with E-state index in [4.69, 9.17) is 9.47 Å². The summed E-state index contributed by atoms with van der Waals surface area (Å²) in [5.74, 6) is 1.03. The summed E-state index contributed by atoms with van der Waals surface area (Å²) >= 11 is 1.69. The van der Waals surface area contributed by atoms with Crippen molar-refractivity contribution in [3.8, 4) is 5.75 Å². The second-order valence-corrected chi connectivity index (χ2v) is 8.00. The van der Waals surface area contributed by atoms with E-state index in [1.54, 1.807) is 29.7 Å². The van der Waals surface area contributed by atoms with Gasteiger partial charge in [-0.2, -0.15) is 0 Å². The SMILES string of the molecule is CC(C)OC(=O)c1cccnc1NCCNCc1cccc(OCc2cccs2)c1. The zero-order chi connectivity index (χ0) is 21.2. The highest BCUT2D eigenvalue weighted by Gasteiger charge is 2.14. The molecular weight excluding hydrogens is 398 g/mol. The second-order valence-electron chi connectivity index (χ2n) is 6.97. The summed E-state index contributed by atoms with van der Waals surface area (Å²) in [5, 5.41) is 8.64. The van der Waals surface area contributed by atoms with Crippen LogP contribution in [0, 0.1) is 0 Å². The Morgan fingerprint density at radius 2 is 2.03 bits per heavy atom. The third kappa shape index (κ3) is 6.86. The Bertz CT molecular complexity index is 929. The van der Waals surface area contributed by atoms with Crippen LogP contribution in [0.1, 0.15) is 34.6 Å². The van der Waals surface area contributed by atoms with E-state index in [1.807, 2.05) is 43.5 Å². The lowest BCUT2D eigenvalue weighted by Gasteiger charge is -2.13. The number of carbonyl (C=O) groups excluding carboxylic acids is 1. The minimum absolute atomic E-state index is 0.169. The van der Waals surface area contributed by atoms with E-state index >= 15 is 0 Å². The molecule has 0 aliphatic heterocycles. The number of hydrogen-bond donors (Lipinski definition) is 2. The molecule has 0 fully saturated rings. The van der Waals surface area contributed by atoms with E-state index < -0.39 is 0 Å². The van der Waals surface area contributed by atoms with Gasteiger partial charge in [-0.05, 0) is 55.1 Å². The van der Waals surface area contributed by atoms with Crippen molar-refractivity contribution in [3.63, 3.8) is 0 Å². The molecule has 0 saturated carbocycles. The lowest BCUT2D eigenvalue weighted by molar-refractivity contribution is 0.0378. The molecule has 6 nitrogen and oxygen atoms in total. The fraction of sp³-hybridized carbons (Fsp3) is 0.304. The quantitative estimate of drug-likeness (QED) is 0.348. The van der Waals surface area contributed by atoms with E-state index in [0.717, 1.165) is 24.4 Å². The Kier molecular flexibility index (Phi) is 8.23. The Labute approximate surface area is 181 Å². The fourth-order valence-corrected chi connectivity index (χ4v) is 3.40. The van der Waals surface area contributed by atoms with Crippen molar-refractivity contribution in [2.45, 2.75) is 33.1 Å². The van der Waals surface area contributed by atoms with Crippen LogP contribution in [-0.4, -0.2) is 30.1 Å². The number of hydrogen-bond acceptors (Lipinski definition) is 7. The number of nitrogens with one attached hydrogen (secondary N) is 2. The van der Waals surface area contributed by atoms with Crippen molar-refractivity contribution in [2.24, 2.45) is 0 Å². The molecule has 0 unspecified atom stereocenters. The van der Waals surface area contributed by atoms with Gasteiger partial charge in [0.1, 0.15) is 23.7 Å². The summed E-state index contributed by atoms with van der Waals surface area (Å²) in [4.78, 5) is 17.6. The lowest BCUT2D eigenvalue weighted by Crippen LogP contribution is -2.23. The van der Waals surface area contributed by atoms with Crippen molar-refractivity contribution >= 4 is 23.1 Å². The summed E-state index contributed by atoms with van der Waals surface area (Å²) in [5.41, 5.74) is 1.60. The molecule has 1 aromatic carbocycles. The molecule has 3 aromatic rings. The number of thiophene rings is 1. The molecule has 2 N–H and O–H groups in total. The average Bonchev–Trinajstić information content (AvgIpc) is 3.26. The molecule has 2 aromatic heterocycles. The summed E-state index contributed by atoms with van der Waals surface area (Å²) in [7, 11) is 0. The average molecular weight is 426 g/mol. The van der Waals surface area contributed by atoms with Gasteiger partial charge < -0.3 is 20.1 Å². The molecule has 0 atom stereocenters. The van der Waals surface area contributed by atoms with Gasteiger partial charge in [-0.25, -0.2) is 9.78 Å². The molecule has 3 rings (SSSR count). The maximum atomic E-state index is 12.2. The van der Waals surface area contributed by atoms with E-state index in [9.17, 15) is 4.79 Å². The molecule has 0 bridgehead atoms. The maximum absolute atomic E-state index is 12.2. The first-order valence-corrected chi connectivity index (χ1v) is 10.8. The zero-order valence-corrected chi connectivity index (χ0v) is 18.1. The topological polar surface area (TPSA) is 72.5 Å². The Morgan fingerprint density at radius 1 is 1.13 bits per heavy atom. The van der Waals surface area contributed by atoms with Crippen LogP contribution in [0.5, 0.6) is 5.75 Å². The standard InChI is InChI=1S/C23H27N3O3S/c1-17(2)29-23(27)21-9-4-10-25-22(21)26-12-11-24-15-18-6-3-7-19(14-18)28-16-20-8-5-13-30-20/h3-10,13-14,17,24H,11-12,15-16H2,1-2H3,(H,25,26). The third-order valence-corrected chi connectivity index (χ3v) is 5.00. The maximum Gasteiger partial charge on any atom is 0.342 e. The van der Waals surface area contributed by atoms with Gasteiger partial charge >= 0.3 is 5.97 Å². The number of pyridine rings is 1. The normalized spacial score (nSPS) is 10.8. The molecule has 0 aliphatic rings. The second kappa shape index (κ2) is 11.3. The summed E-state index contributed by atoms with van der Waals surface area (Å²) < 4.78 is 11.1. The molecule has 158 valence electrons. The van der Waals surface area contributed by atoms with Gasteiger partial charge in [-0.3, -0.25) is 0 Å². The smallest absolute Gasteiger partial charge is 0.342 e. The predicted octanol–water partition coefficient (Wildman–Crippen LogP) is 4.49. The van der Waals surface area contributed by atoms with Crippen LogP contribution in [0.3, 0.4) is 0 Å². The minimum atomic E-state index is -0.368. The minimum Gasteiger partial charge on any atom is -0.488 e. The van der Waals surface area contributed by atoms with Crippen molar-refractivity contribution in [1.29, 1.82) is 0 Å². The Balaban J connectivity index is 1.42. The van der Waals surface area contributed by atoms with Gasteiger partial charge in [0.2, 0.25) is 0 Å². The predicted molar refractivity (Wildman–Crippen MR) is 120 cm³/mol. The van der Waals surface area contributed by atoms with Crippen molar-refractivity contribution in [1.82, 2.24) is 10.3 Å². The molecule has 30 heavy (non-hydrogen) atoms. The highest BCUT2D eigenvalue weighted by Crippen LogP contribution is 2.17. The number of carbonyl (C=O) groups is 1. The highest BCUT2D eigenvalue weighted by molar-refractivity contribution is 7.09. The van der Waals surface area contributed by atoms with Crippen molar-refractivity contribution < 1.29 is 14.3 Å². The highest BCUT2D eigenvalue weighted by atomic mass is 32.1. The number of esters is 1. The van der Waals surface area contributed by atoms with Crippen LogP contribution >= 0.6 is 11.3 Å². The number of ether oxygens (including phenoxy) is 2. The van der Waals surface area contributed by atoms with E-state index in [-0.39, 0.29) is 12.1 Å². The first-order valence-electron chi connectivity index (χ1n) is 9.96. The van der Waals surface area contributed by atoms with E-state index in [0.29, 0.717) is 24.5 Å². The van der Waals surface area contributed by atoms with Gasteiger partial charge in [0.15, 0.2) is 0 Å². The lowest BCUT2D eigenvalue weighted by atomic mass is 10.2. The summed E-state index contributed by atoms with van der Waals surface area (Å²) in [6.07, 6.45) is 1.49. The molecule has 0 spiro atoms. The largest absolute Gasteiger partial charge is 0.488 e. The van der Waals surface area contributed by atoms with Gasteiger partial charge in [-0.1, -0.05) is 18.2 Å². The fourth-order valence-electron chi connectivity index (χ4n) is 2.78. The van der Waals surface area contributed by atoms with Gasteiger partial charge in [-0.15, -0.1) is 11.3 Å².